The van der Waals surface area contributed by atoms with Crippen molar-refractivity contribution in [3.05, 3.63) is 95.5 Å². The Kier molecular flexibility index (Phi) is 7.52. The number of aromatic nitrogens is 1. The van der Waals surface area contributed by atoms with Gasteiger partial charge in [-0.25, -0.2) is 4.98 Å². The van der Waals surface area contributed by atoms with Crippen molar-refractivity contribution in [1.82, 2.24) is 4.98 Å². The summed E-state index contributed by atoms with van der Waals surface area (Å²) in [6, 6.07) is 23.4. The molecule has 4 aromatic rings. The van der Waals surface area contributed by atoms with Crippen LogP contribution in [0.1, 0.15) is 23.0 Å². The van der Waals surface area contributed by atoms with Gasteiger partial charge in [0.05, 0.1) is 18.7 Å². The molecular formula is C26H23N3O4S. The number of thiazole rings is 1. The zero-order valence-corrected chi connectivity index (χ0v) is 19.3. The molecule has 0 atom stereocenters. The van der Waals surface area contributed by atoms with Crippen molar-refractivity contribution in [2.75, 3.05) is 17.2 Å². The van der Waals surface area contributed by atoms with Crippen LogP contribution < -0.4 is 20.1 Å². The van der Waals surface area contributed by atoms with Crippen molar-refractivity contribution in [3.8, 4) is 17.2 Å². The van der Waals surface area contributed by atoms with Crippen LogP contribution in [-0.4, -0.2) is 23.4 Å². The fraction of sp³-hybridized carbons (Fsp3) is 0.115. The summed E-state index contributed by atoms with van der Waals surface area (Å²) in [6.45, 7) is 2.55. The van der Waals surface area contributed by atoms with E-state index in [9.17, 15) is 9.59 Å². The van der Waals surface area contributed by atoms with Gasteiger partial charge in [0.25, 0.3) is 5.91 Å². The molecule has 7 nitrogen and oxygen atoms in total. The Balaban J connectivity index is 1.27. The Morgan fingerprint density at radius 1 is 0.853 bits per heavy atom. The third-order valence-electron chi connectivity index (χ3n) is 4.66. The molecule has 0 radical (unpaired) electrons. The van der Waals surface area contributed by atoms with E-state index >= 15 is 0 Å². The van der Waals surface area contributed by atoms with Crippen LogP contribution in [0.2, 0.25) is 0 Å². The average molecular weight is 474 g/mol. The maximum absolute atomic E-state index is 12.4. The molecule has 4 rings (SSSR count). The first-order valence-corrected chi connectivity index (χ1v) is 11.6. The molecule has 0 saturated carbocycles. The van der Waals surface area contributed by atoms with Crippen LogP contribution in [0.4, 0.5) is 10.8 Å². The number of amides is 2. The van der Waals surface area contributed by atoms with Crippen LogP contribution in [-0.2, 0) is 11.2 Å². The molecule has 172 valence electrons. The summed E-state index contributed by atoms with van der Waals surface area (Å²) in [7, 11) is 0. The Morgan fingerprint density at radius 2 is 1.50 bits per heavy atom. The smallest absolute Gasteiger partial charge is 0.257 e. The zero-order chi connectivity index (χ0) is 23.8. The number of benzene rings is 3. The second-order valence-electron chi connectivity index (χ2n) is 7.22. The number of nitrogens with zero attached hydrogens (tertiary/aromatic N) is 1. The van der Waals surface area contributed by atoms with E-state index in [1.54, 1.807) is 53.9 Å². The quantitative estimate of drug-likeness (QED) is 0.322. The van der Waals surface area contributed by atoms with Crippen LogP contribution in [0.15, 0.2) is 84.2 Å². The average Bonchev–Trinajstić information content (AvgIpc) is 3.28. The van der Waals surface area contributed by atoms with Gasteiger partial charge in [0.2, 0.25) is 5.91 Å². The third-order valence-corrected chi connectivity index (χ3v) is 5.46. The van der Waals surface area contributed by atoms with Gasteiger partial charge < -0.3 is 14.8 Å². The molecule has 0 aliphatic heterocycles. The highest BCUT2D eigenvalue weighted by molar-refractivity contribution is 7.14. The van der Waals surface area contributed by atoms with Crippen molar-refractivity contribution >= 4 is 34.0 Å². The monoisotopic (exact) mass is 473 g/mol. The zero-order valence-electron chi connectivity index (χ0n) is 18.5. The molecule has 0 bridgehead atoms. The van der Waals surface area contributed by atoms with E-state index in [2.05, 4.69) is 15.6 Å². The molecule has 0 aliphatic carbocycles. The normalized spacial score (nSPS) is 10.4. The minimum atomic E-state index is -0.238. The molecule has 0 fully saturated rings. The first kappa shape index (κ1) is 23.0. The number of hydrogen-bond acceptors (Lipinski definition) is 6. The molecule has 0 aliphatic rings. The number of hydrogen-bond donors (Lipinski definition) is 2. The molecular weight excluding hydrogens is 450 g/mol. The van der Waals surface area contributed by atoms with Crippen molar-refractivity contribution in [2.45, 2.75) is 13.3 Å². The molecule has 34 heavy (non-hydrogen) atoms. The summed E-state index contributed by atoms with van der Waals surface area (Å²) in [5.41, 5.74) is 1.78. The number of ether oxygens (including phenoxy) is 2. The third kappa shape index (κ3) is 6.43. The molecule has 0 saturated heterocycles. The van der Waals surface area contributed by atoms with E-state index in [1.807, 2.05) is 37.3 Å². The summed E-state index contributed by atoms with van der Waals surface area (Å²) in [6.07, 6.45) is 0.0993. The largest absolute Gasteiger partial charge is 0.494 e. The van der Waals surface area contributed by atoms with E-state index in [0.29, 0.717) is 40.2 Å². The minimum absolute atomic E-state index is 0.0993. The Morgan fingerprint density at radius 3 is 2.18 bits per heavy atom. The second-order valence-corrected chi connectivity index (χ2v) is 8.08. The van der Waals surface area contributed by atoms with Gasteiger partial charge in [-0.3, -0.25) is 14.9 Å². The standard InChI is InChI=1S/C26H23N3O4S/c1-2-32-21-12-14-23(15-13-21)33-22-10-8-19(9-11-22)27-24(30)16-20-17-34-26(28-20)29-25(31)18-6-4-3-5-7-18/h3-15,17H,2,16H2,1H3,(H,27,30)(H,28,29,31). The van der Waals surface area contributed by atoms with Gasteiger partial charge in [-0.1, -0.05) is 18.2 Å². The second kappa shape index (κ2) is 11.1. The highest BCUT2D eigenvalue weighted by atomic mass is 32.1. The molecule has 1 heterocycles. The maximum Gasteiger partial charge on any atom is 0.257 e. The molecule has 3 aromatic carbocycles. The van der Waals surface area contributed by atoms with Crippen molar-refractivity contribution in [3.63, 3.8) is 0 Å². The van der Waals surface area contributed by atoms with Crippen LogP contribution in [0, 0.1) is 0 Å². The summed E-state index contributed by atoms with van der Waals surface area (Å²) >= 11 is 1.28. The fourth-order valence-electron chi connectivity index (χ4n) is 3.09. The van der Waals surface area contributed by atoms with Crippen LogP contribution in [0.25, 0.3) is 0 Å². The summed E-state index contributed by atoms with van der Waals surface area (Å²) in [4.78, 5) is 29.0. The molecule has 8 heteroatoms. The topological polar surface area (TPSA) is 89.5 Å². The van der Waals surface area contributed by atoms with E-state index in [-0.39, 0.29) is 18.2 Å². The van der Waals surface area contributed by atoms with E-state index in [4.69, 9.17) is 9.47 Å². The van der Waals surface area contributed by atoms with Crippen molar-refractivity contribution < 1.29 is 19.1 Å². The molecule has 2 amide bonds. The van der Waals surface area contributed by atoms with E-state index < -0.39 is 0 Å². The molecule has 0 unspecified atom stereocenters. The van der Waals surface area contributed by atoms with Crippen LogP contribution in [0.5, 0.6) is 17.2 Å². The Labute approximate surface area is 201 Å². The number of anilines is 2. The van der Waals surface area contributed by atoms with Gasteiger partial charge in [-0.2, -0.15) is 0 Å². The minimum Gasteiger partial charge on any atom is -0.494 e. The predicted octanol–water partition coefficient (Wildman–Crippen LogP) is 5.77. The number of carbonyl (C=O) groups is 2. The fourth-order valence-corrected chi connectivity index (χ4v) is 3.79. The lowest BCUT2D eigenvalue weighted by Crippen LogP contribution is -2.15. The van der Waals surface area contributed by atoms with Gasteiger partial charge in [0, 0.05) is 16.6 Å². The van der Waals surface area contributed by atoms with Crippen LogP contribution >= 0.6 is 11.3 Å². The van der Waals surface area contributed by atoms with Gasteiger partial charge >= 0.3 is 0 Å². The summed E-state index contributed by atoms with van der Waals surface area (Å²) in [5.74, 6) is 1.70. The van der Waals surface area contributed by atoms with Crippen molar-refractivity contribution in [1.29, 1.82) is 0 Å². The number of rotatable bonds is 9. The summed E-state index contributed by atoms with van der Waals surface area (Å²) in [5, 5.41) is 7.81. The Hall–Kier alpha value is -4.17. The maximum atomic E-state index is 12.4. The lowest BCUT2D eigenvalue weighted by Gasteiger charge is -2.09. The SMILES string of the molecule is CCOc1ccc(Oc2ccc(NC(=O)Cc3csc(NC(=O)c4ccccc4)n3)cc2)cc1. The Bertz CT molecular complexity index is 1240. The van der Waals surface area contributed by atoms with E-state index in [1.165, 1.54) is 11.3 Å². The first-order valence-electron chi connectivity index (χ1n) is 10.7. The lowest BCUT2D eigenvalue weighted by molar-refractivity contribution is -0.115. The first-order chi connectivity index (χ1) is 16.6. The summed E-state index contributed by atoms with van der Waals surface area (Å²) < 4.78 is 11.2. The van der Waals surface area contributed by atoms with Gasteiger partial charge in [-0.15, -0.1) is 11.3 Å². The van der Waals surface area contributed by atoms with Gasteiger partial charge in [0.1, 0.15) is 17.2 Å². The van der Waals surface area contributed by atoms with Gasteiger partial charge in [0.15, 0.2) is 5.13 Å². The van der Waals surface area contributed by atoms with Crippen molar-refractivity contribution in [2.24, 2.45) is 0 Å². The van der Waals surface area contributed by atoms with Gasteiger partial charge in [-0.05, 0) is 67.6 Å². The van der Waals surface area contributed by atoms with Crippen LogP contribution in [0.3, 0.4) is 0 Å². The van der Waals surface area contributed by atoms with E-state index in [0.717, 1.165) is 5.75 Å². The lowest BCUT2D eigenvalue weighted by atomic mass is 10.2. The predicted molar refractivity (Wildman–Crippen MR) is 133 cm³/mol. The number of nitrogens with one attached hydrogen (secondary N) is 2. The molecule has 0 spiro atoms. The molecule has 1 aromatic heterocycles. The highest BCUT2D eigenvalue weighted by Gasteiger charge is 2.11. The molecule has 2 N–H and O–H groups in total. The highest BCUT2D eigenvalue weighted by Crippen LogP contribution is 2.25. The number of carbonyl (C=O) groups excluding carboxylic acids is 2.